The highest BCUT2D eigenvalue weighted by Crippen LogP contribution is 2.36. The standard InChI is InChI=1S/C20H18O3.C16H17NO3.2C10H12O4.C8H10O4.C8H10O3/c1-16-12-13-19(21)23-20(22-16,14-17-8-4-2-5-9-17)15-18-10-6-3-7-11-18;1-13-7-8-15(18)20-16(19-13)9-11-17(12-10-16)14-5-3-2-4-6-14;1-8-2-3-9(11)14-10(13-8)4-6-12-7-5-10;1-8-4-5-9(11)14-10(13-8)6-2-3-7-12-10;1-6-4-5-7(9)12-8(2,10-3)11-6;1-6-4-5-7(9)11-8(2,3)10-6/h2-13H,1,14-15H2;2-8H,1,9-12H2;2-3H,1,4-7H2;4-5H,1-3,6-7H2;4-5H,1H2,2-3H3;4-5H,1H2,2-3H3. The van der Waals surface area contributed by atoms with Crippen LogP contribution in [-0.4, -0.2) is 111 Å². The number of rotatable bonds is 6. The molecule has 3 saturated heterocycles. The molecule has 94 heavy (non-hydrogen) atoms. The number of nitrogens with zero attached hydrogens (tertiary/aromatic N) is 1. The van der Waals surface area contributed by atoms with Crippen molar-refractivity contribution in [2.45, 2.75) is 114 Å². The van der Waals surface area contributed by atoms with Crippen LogP contribution in [0.4, 0.5) is 5.69 Å². The molecule has 2 unspecified atom stereocenters. The van der Waals surface area contributed by atoms with Crippen molar-refractivity contribution in [1.29, 1.82) is 0 Å². The van der Waals surface area contributed by atoms with Crippen molar-refractivity contribution in [2.75, 3.05) is 44.9 Å². The lowest BCUT2D eigenvalue weighted by Gasteiger charge is -2.40. The number of hydrogen-bond acceptors (Lipinski definition) is 22. The first-order valence-electron chi connectivity index (χ1n) is 30.2. The number of carbonyl (C=O) groups excluding carboxylic acids is 6. The summed E-state index contributed by atoms with van der Waals surface area (Å²) in [5, 5.41) is 0. The normalized spacial score (nSPS) is 23.4. The van der Waals surface area contributed by atoms with Crippen LogP contribution in [0, 0.1) is 0 Å². The number of ether oxygens (including phenoxy) is 15. The molecule has 498 valence electrons. The van der Waals surface area contributed by atoms with Crippen molar-refractivity contribution < 1.29 is 99.8 Å². The summed E-state index contributed by atoms with van der Waals surface area (Å²) in [7, 11) is 1.38. The molecule has 9 heterocycles. The first-order chi connectivity index (χ1) is 44.8. The molecule has 2 atom stereocenters. The molecule has 0 aliphatic carbocycles. The second-order valence-electron chi connectivity index (χ2n) is 22.4. The van der Waals surface area contributed by atoms with Crippen LogP contribution in [0.2, 0.25) is 0 Å². The summed E-state index contributed by atoms with van der Waals surface area (Å²) in [6.07, 6.45) is 22.6. The number of carbonyl (C=O) groups is 6. The van der Waals surface area contributed by atoms with E-state index in [0.29, 0.717) is 99.3 Å². The van der Waals surface area contributed by atoms with E-state index in [4.69, 9.17) is 71.1 Å². The van der Waals surface area contributed by atoms with Gasteiger partial charge in [0, 0.05) is 109 Å². The van der Waals surface area contributed by atoms with Crippen LogP contribution in [0.25, 0.3) is 0 Å². The largest absolute Gasteiger partial charge is 0.453 e. The monoisotopic (exact) mass is 1290 g/mol. The molecule has 12 rings (SSSR count). The second kappa shape index (κ2) is 32.9. The summed E-state index contributed by atoms with van der Waals surface area (Å²) >= 11 is 0. The minimum absolute atomic E-state index is 0.324. The van der Waals surface area contributed by atoms with Crippen LogP contribution in [0.5, 0.6) is 0 Å². The molecule has 0 saturated carbocycles. The van der Waals surface area contributed by atoms with Gasteiger partial charge in [0.25, 0.3) is 17.4 Å². The Kier molecular flexibility index (Phi) is 25.0. The number of allylic oxidation sites excluding steroid dienone is 6. The molecule has 0 N–H and O–H groups in total. The van der Waals surface area contributed by atoms with E-state index in [0.717, 1.165) is 37.1 Å². The van der Waals surface area contributed by atoms with Gasteiger partial charge in [0.1, 0.15) is 34.6 Å². The predicted octanol–water partition coefficient (Wildman–Crippen LogP) is 11.4. The van der Waals surface area contributed by atoms with Crippen molar-refractivity contribution in [3.63, 3.8) is 0 Å². The summed E-state index contributed by atoms with van der Waals surface area (Å²) in [4.78, 5) is 70.0. The summed E-state index contributed by atoms with van der Waals surface area (Å²) in [5.41, 5.74) is 3.25. The predicted molar refractivity (Wildman–Crippen MR) is 341 cm³/mol. The van der Waals surface area contributed by atoms with Crippen molar-refractivity contribution in [3.05, 3.63) is 249 Å². The van der Waals surface area contributed by atoms with Crippen molar-refractivity contribution in [3.8, 4) is 0 Å². The van der Waals surface area contributed by atoms with E-state index >= 15 is 0 Å². The average Bonchev–Trinajstić information content (AvgIpc) is 1.46. The van der Waals surface area contributed by atoms with Gasteiger partial charge in [-0.25, -0.2) is 28.8 Å². The molecule has 0 bridgehead atoms. The summed E-state index contributed by atoms with van der Waals surface area (Å²) < 4.78 is 79.2. The lowest BCUT2D eigenvalue weighted by atomic mass is 9.97. The topological polar surface area (TPSA) is 244 Å². The molecule has 22 nitrogen and oxygen atoms in total. The highest BCUT2D eigenvalue weighted by Gasteiger charge is 2.44. The minimum Gasteiger partial charge on any atom is -0.453 e. The number of para-hydroxylation sites is 1. The Morgan fingerprint density at radius 1 is 0.394 bits per heavy atom. The van der Waals surface area contributed by atoms with Crippen LogP contribution in [0.3, 0.4) is 0 Å². The number of hydrogen-bond donors (Lipinski definition) is 0. The molecule has 3 fully saturated rings. The Hall–Kier alpha value is -10.2. The van der Waals surface area contributed by atoms with Gasteiger partial charge in [-0.2, -0.15) is 0 Å². The Morgan fingerprint density at radius 2 is 0.798 bits per heavy atom. The number of methoxy groups -OCH3 is 1. The molecular weight excluding hydrogens is 1210 g/mol. The Labute approximate surface area is 546 Å². The third-order valence-electron chi connectivity index (χ3n) is 14.2. The number of anilines is 1. The van der Waals surface area contributed by atoms with Gasteiger partial charge in [-0.05, 0) is 72.6 Å². The van der Waals surface area contributed by atoms with E-state index in [1.54, 1.807) is 26.0 Å². The molecule has 3 aromatic carbocycles. The maximum absolute atomic E-state index is 12.0. The van der Waals surface area contributed by atoms with Crippen molar-refractivity contribution >= 4 is 41.5 Å². The first-order valence-corrected chi connectivity index (χ1v) is 30.2. The fourth-order valence-electron chi connectivity index (χ4n) is 9.94. The molecule has 0 amide bonds. The van der Waals surface area contributed by atoms with Crippen LogP contribution >= 0.6 is 0 Å². The highest BCUT2D eigenvalue weighted by atomic mass is 16.9. The molecule has 3 aromatic rings. The van der Waals surface area contributed by atoms with E-state index in [1.165, 1.54) is 80.5 Å². The van der Waals surface area contributed by atoms with E-state index in [9.17, 15) is 28.8 Å². The fraction of sp³-hybridized carbons (Fsp3) is 0.333. The molecule has 0 radical (unpaired) electrons. The van der Waals surface area contributed by atoms with Crippen LogP contribution in [-0.2, 0) is 113 Å². The van der Waals surface area contributed by atoms with Gasteiger partial charge >= 0.3 is 47.8 Å². The zero-order valence-corrected chi connectivity index (χ0v) is 53.3. The lowest BCUT2D eigenvalue weighted by Crippen LogP contribution is -2.48. The van der Waals surface area contributed by atoms with Gasteiger partial charge in [-0.3, -0.25) is 0 Å². The average molecular weight is 1290 g/mol. The van der Waals surface area contributed by atoms with Gasteiger partial charge < -0.3 is 76.0 Å². The first kappa shape index (κ1) is 71.3. The minimum atomic E-state index is -1.36. The van der Waals surface area contributed by atoms with Crippen LogP contribution in [0.1, 0.15) is 76.8 Å². The molecule has 3 spiro atoms. The number of benzene rings is 3. The van der Waals surface area contributed by atoms with Gasteiger partial charge in [0.15, 0.2) is 0 Å². The third kappa shape index (κ3) is 22.9. The SMILES string of the molecule is C=C1C=CC(=O)OC(C)(C)O1.C=C1C=CC(=O)OC(C)(OC)O1.C=C1C=CC(=O)OC(Cc2ccccc2)(Cc2ccccc2)O1.C=C1C=CC(=O)OC2(CCCCO2)O1.C=C1C=CC(=O)OC2(CCN(c3ccccc3)CC2)O1.C=C1C=CC(=O)OC2(CCOCC2)O1. The smallest absolute Gasteiger partial charge is 0.373 e. The second-order valence-corrected chi connectivity index (χ2v) is 22.4. The maximum Gasteiger partial charge on any atom is 0.373 e. The van der Waals surface area contributed by atoms with Crippen LogP contribution in [0.15, 0.2) is 238 Å². The molecule has 9 aliphatic rings. The van der Waals surface area contributed by atoms with E-state index in [1.807, 2.05) is 78.9 Å². The summed E-state index contributed by atoms with van der Waals surface area (Å²) in [6.45, 7) is 30.0. The molecular formula is C72H79NO21. The molecule has 22 heteroatoms. The van der Waals surface area contributed by atoms with Gasteiger partial charge in [0.05, 0.1) is 39.1 Å². The zero-order chi connectivity index (χ0) is 67.8. The number of piperidine rings is 1. The Bertz CT molecular complexity index is 3200. The third-order valence-corrected chi connectivity index (χ3v) is 14.2. The number of cyclic esters (lactones) is 3. The van der Waals surface area contributed by atoms with Crippen molar-refractivity contribution in [1.82, 2.24) is 0 Å². The van der Waals surface area contributed by atoms with Crippen molar-refractivity contribution in [2.24, 2.45) is 0 Å². The number of esters is 6. The Balaban J connectivity index is 0.000000163. The van der Waals surface area contributed by atoms with Gasteiger partial charge in [-0.15, -0.1) is 0 Å². The maximum atomic E-state index is 12.0. The quantitative estimate of drug-likeness (QED) is 0.164. The lowest BCUT2D eigenvalue weighted by molar-refractivity contribution is -0.357. The summed E-state index contributed by atoms with van der Waals surface area (Å²) in [6, 6.07) is 29.9. The van der Waals surface area contributed by atoms with E-state index in [-0.39, 0.29) is 11.9 Å². The van der Waals surface area contributed by atoms with Crippen LogP contribution < -0.4 is 4.90 Å². The van der Waals surface area contributed by atoms with Gasteiger partial charge in [0.2, 0.25) is 5.79 Å². The zero-order valence-electron chi connectivity index (χ0n) is 53.3. The Morgan fingerprint density at radius 3 is 1.28 bits per heavy atom. The van der Waals surface area contributed by atoms with Gasteiger partial charge in [-0.1, -0.05) is 118 Å². The molecule has 0 aromatic heterocycles. The molecule has 9 aliphatic heterocycles. The van der Waals surface area contributed by atoms with E-state index in [2.05, 4.69) is 56.5 Å². The summed E-state index contributed by atoms with van der Waals surface area (Å²) in [5.74, 6) is -6.35. The highest BCUT2D eigenvalue weighted by molar-refractivity contribution is 5.85. The fourth-order valence-corrected chi connectivity index (χ4v) is 9.94. The van der Waals surface area contributed by atoms with E-state index < -0.39 is 59.0 Å².